The summed E-state index contributed by atoms with van der Waals surface area (Å²) in [5.41, 5.74) is 5.81. The SMILES string of the molecule is Cn1cccc1C(=O)NC(=O)CSCCCN. The summed E-state index contributed by atoms with van der Waals surface area (Å²) in [5.74, 6) is 0.499. The zero-order chi connectivity index (χ0) is 12.7. The number of carbonyl (C=O) groups excluding carboxylic acids is 2. The van der Waals surface area contributed by atoms with Crippen molar-refractivity contribution in [3.63, 3.8) is 0 Å². The van der Waals surface area contributed by atoms with Crippen LogP contribution in [0.4, 0.5) is 0 Å². The summed E-state index contributed by atoms with van der Waals surface area (Å²) in [7, 11) is 1.76. The Hall–Kier alpha value is -1.27. The standard InChI is InChI=1S/C11H17N3O2S/c1-14-6-2-4-9(14)11(16)13-10(15)8-17-7-3-5-12/h2,4,6H,3,5,7-8,12H2,1H3,(H,13,15,16). The lowest BCUT2D eigenvalue weighted by molar-refractivity contribution is -0.117. The number of hydrogen-bond donors (Lipinski definition) is 2. The van der Waals surface area contributed by atoms with Gasteiger partial charge in [-0.2, -0.15) is 11.8 Å². The van der Waals surface area contributed by atoms with Gasteiger partial charge in [-0.1, -0.05) is 0 Å². The van der Waals surface area contributed by atoms with Crippen molar-refractivity contribution >= 4 is 23.6 Å². The van der Waals surface area contributed by atoms with Gasteiger partial charge >= 0.3 is 0 Å². The molecule has 0 fully saturated rings. The van der Waals surface area contributed by atoms with E-state index in [9.17, 15) is 9.59 Å². The number of nitrogens with one attached hydrogen (secondary N) is 1. The van der Waals surface area contributed by atoms with Crippen molar-refractivity contribution < 1.29 is 9.59 Å². The van der Waals surface area contributed by atoms with Gasteiger partial charge in [0.1, 0.15) is 5.69 Å². The molecule has 0 aliphatic rings. The van der Waals surface area contributed by atoms with Crippen molar-refractivity contribution in [2.45, 2.75) is 6.42 Å². The summed E-state index contributed by atoms with van der Waals surface area (Å²) in [6.07, 6.45) is 2.64. The van der Waals surface area contributed by atoms with Crippen LogP contribution in [0.3, 0.4) is 0 Å². The maximum Gasteiger partial charge on any atom is 0.274 e. The highest BCUT2D eigenvalue weighted by Gasteiger charge is 2.12. The molecule has 0 atom stereocenters. The second-order valence-corrected chi connectivity index (χ2v) is 4.68. The molecule has 5 nitrogen and oxygen atoms in total. The molecule has 0 bridgehead atoms. The van der Waals surface area contributed by atoms with Gasteiger partial charge in [-0.3, -0.25) is 14.9 Å². The molecule has 1 heterocycles. The average Bonchev–Trinajstić information content (AvgIpc) is 2.71. The molecule has 0 unspecified atom stereocenters. The number of carbonyl (C=O) groups is 2. The molecular formula is C11H17N3O2S. The number of rotatable bonds is 6. The van der Waals surface area contributed by atoms with Gasteiger partial charge in [-0.05, 0) is 30.9 Å². The van der Waals surface area contributed by atoms with Crippen molar-refractivity contribution in [1.82, 2.24) is 9.88 Å². The monoisotopic (exact) mass is 255 g/mol. The summed E-state index contributed by atoms with van der Waals surface area (Å²) in [5, 5.41) is 2.35. The van der Waals surface area contributed by atoms with E-state index in [0.29, 0.717) is 12.2 Å². The second-order valence-electron chi connectivity index (χ2n) is 3.58. The molecule has 0 saturated heterocycles. The number of imide groups is 1. The molecule has 6 heteroatoms. The van der Waals surface area contributed by atoms with Crippen LogP contribution in [0.15, 0.2) is 18.3 Å². The lowest BCUT2D eigenvalue weighted by Gasteiger charge is -2.04. The van der Waals surface area contributed by atoms with Crippen LogP contribution in [0.5, 0.6) is 0 Å². The van der Waals surface area contributed by atoms with Crippen molar-refractivity contribution in [3.8, 4) is 0 Å². The molecule has 17 heavy (non-hydrogen) atoms. The third-order valence-corrected chi connectivity index (χ3v) is 3.20. The van der Waals surface area contributed by atoms with E-state index in [4.69, 9.17) is 5.73 Å². The van der Waals surface area contributed by atoms with E-state index in [0.717, 1.165) is 12.2 Å². The third kappa shape index (κ3) is 4.62. The Morgan fingerprint density at radius 2 is 2.29 bits per heavy atom. The topological polar surface area (TPSA) is 77.1 Å². The summed E-state index contributed by atoms with van der Waals surface area (Å²) < 4.78 is 1.67. The van der Waals surface area contributed by atoms with E-state index in [-0.39, 0.29) is 17.6 Å². The van der Waals surface area contributed by atoms with Crippen molar-refractivity contribution in [2.75, 3.05) is 18.1 Å². The van der Waals surface area contributed by atoms with Gasteiger partial charge in [-0.25, -0.2) is 0 Å². The molecule has 0 spiro atoms. The highest BCUT2D eigenvalue weighted by atomic mass is 32.2. The Bertz CT molecular complexity index is 390. The smallest absolute Gasteiger partial charge is 0.274 e. The minimum Gasteiger partial charge on any atom is -0.347 e. The molecule has 3 N–H and O–H groups in total. The summed E-state index contributed by atoms with van der Waals surface area (Å²) in [4.78, 5) is 23.1. The Labute approximate surface area is 105 Å². The molecule has 1 aromatic rings. The number of amides is 2. The lowest BCUT2D eigenvalue weighted by Crippen LogP contribution is -2.33. The summed E-state index contributed by atoms with van der Waals surface area (Å²) >= 11 is 1.48. The number of hydrogen-bond acceptors (Lipinski definition) is 4. The predicted molar refractivity (Wildman–Crippen MR) is 68.9 cm³/mol. The molecule has 0 aliphatic carbocycles. The van der Waals surface area contributed by atoms with Crippen LogP contribution in [0.2, 0.25) is 0 Å². The molecule has 0 aromatic carbocycles. The van der Waals surface area contributed by atoms with Gasteiger partial charge in [0.25, 0.3) is 5.91 Å². The minimum absolute atomic E-state index is 0.266. The molecule has 2 amide bonds. The van der Waals surface area contributed by atoms with Crippen LogP contribution in [-0.2, 0) is 11.8 Å². The van der Waals surface area contributed by atoms with Gasteiger partial charge in [0, 0.05) is 13.2 Å². The second kappa shape index (κ2) is 7.13. The minimum atomic E-state index is -0.359. The first-order valence-electron chi connectivity index (χ1n) is 5.38. The predicted octanol–water partition coefficient (Wildman–Crippen LogP) is 0.363. The van der Waals surface area contributed by atoms with E-state index < -0.39 is 0 Å². The van der Waals surface area contributed by atoms with E-state index in [1.807, 2.05) is 0 Å². The quantitative estimate of drug-likeness (QED) is 0.720. The first-order valence-corrected chi connectivity index (χ1v) is 6.54. The molecular weight excluding hydrogens is 238 g/mol. The van der Waals surface area contributed by atoms with Gasteiger partial charge in [0.15, 0.2) is 0 Å². The first-order chi connectivity index (χ1) is 8.15. The first kappa shape index (κ1) is 13.8. The Morgan fingerprint density at radius 3 is 2.88 bits per heavy atom. The van der Waals surface area contributed by atoms with Crippen LogP contribution < -0.4 is 11.1 Å². The maximum absolute atomic E-state index is 11.6. The number of nitrogens with two attached hydrogens (primary N) is 1. The Balaban J connectivity index is 2.32. The lowest BCUT2D eigenvalue weighted by atomic mass is 10.4. The highest BCUT2D eigenvalue weighted by Crippen LogP contribution is 2.02. The van der Waals surface area contributed by atoms with Crippen LogP contribution in [0.25, 0.3) is 0 Å². The number of thioether (sulfide) groups is 1. The van der Waals surface area contributed by atoms with Crippen molar-refractivity contribution in [2.24, 2.45) is 12.8 Å². The molecule has 1 rings (SSSR count). The number of nitrogens with zero attached hydrogens (tertiary/aromatic N) is 1. The Morgan fingerprint density at radius 1 is 1.53 bits per heavy atom. The molecule has 0 saturated carbocycles. The van der Waals surface area contributed by atoms with Crippen LogP contribution in [0.1, 0.15) is 16.9 Å². The van der Waals surface area contributed by atoms with Crippen molar-refractivity contribution in [1.29, 1.82) is 0 Å². The normalized spacial score (nSPS) is 10.2. The van der Waals surface area contributed by atoms with Crippen LogP contribution in [0, 0.1) is 0 Å². The number of aromatic nitrogens is 1. The molecule has 0 aliphatic heterocycles. The number of aryl methyl sites for hydroxylation is 1. The fourth-order valence-corrected chi connectivity index (χ4v) is 2.05. The van der Waals surface area contributed by atoms with E-state index in [1.165, 1.54) is 11.8 Å². The Kier molecular flexibility index (Phi) is 5.79. The zero-order valence-corrected chi connectivity index (χ0v) is 10.6. The molecule has 0 radical (unpaired) electrons. The fourth-order valence-electron chi connectivity index (χ4n) is 1.27. The summed E-state index contributed by atoms with van der Waals surface area (Å²) in [6.45, 7) is 0.622. The molecule has 1 aromatic heterocycles. The van der Waals surface area contributed by atoms with Gasteiger partial charge in [-0.15, -0.1) is 0 Å². The van der Waals surface area contributed by atoms with Gasteiger partial charge < -0.3 is 10.3 Å². The van der Waals surface area contributed by atoms with Gasteiger partial charge in [0.2, 0.25) is 5.91 Å². The van der Waals surface area contributed by atoms with Crippen molar-refractivity contribution in [3.05, 3.63) is 24.0 Å². The van der Waals surface area contributed by atoms with Crippen LogP contribution in [-0.4, -0.2) is 34.4 Å². The maximum atomic E-state index is 11.6. The van der Waals surface area contributed by atoms with Crippen LogP contribution >= 0.6 is 11.8 Å². The molecule has 94 valence electrons. The summed E-state index contributed by atoms with van der Waals surface area (Å²) in [6, 6.07) is 3.43. The largest absolute Gasteiger partial charge is 0.347 e. The van der Waals surface area contributed by atoms with E-state index in [2.05, 4.69) is 5.32 Å². The van der Waals surface area contributed by atoms with E-state index in [1.54, 1.807) is 29.9 Å². The fraction of sp³-hybridized carbons (Fsp3) is 0.455. The zero-order valence-electron chi connectivity index (χ0n) is 9.81. The third-order valence-electron chi connectivity index (χ3n) is 2.16. The average molecular weight is 255 g/mol. The van der Waals surface area contributed by atoms with E-state index >= 15 is 0 Å². The van der Waals surface area contributed by atoms with Gasteiger partial charge in [0.05, 0.1) is 5.75 Å². The highest BCUT2D eigenvalue weighted by molar-refractivity contribution is 7.99.